The molecule has 0 bridgehead atoms. The molecule has 0 radical (unpaired) electrons. The van der Waals surface area contributed by atoms with E-state index in [1.54, 1.807) is 0 Å². The monoisotopic (exact) mass is 294 g/mol. The number of nitrogens with zero attached hydrogens (tertiary/aromatic N) is 2. The van der Waals surface area contributed by atoms with Crippen molar-refractivity contribution in [3.8, 4) is 0 Å². The van der Waals surface area contributed by atoms with Crippen LogP contribution in [0.1, 0.15) is 11.1 Å². The quantitative estimate of drug-likeness (QED) is 0.808. The molecular weight excluding hydrogens is 268 g/mol. The third-order valence-electron chi connectivity index (χ3n) is 4.58. The highest BCUT2D eigenvalue weighted by molar-refractivity contribution is 5.15. The fourth-order valence-corrected chi connectivity index (χ4v) is 3.10. The molecule has 2 nitrogen and oxygen atoms in total. The van der Waals surface area contributed by atoms with Gasteiger partial charge in [-0.1, -0.05) is 60.7 Å². The topological polar surface area (TPSA) is 6.48 Å². The van der Waals surface area contributed by atoms with Crippen LogP contribution < -0.4 is 0 Å². The number of benzene rings is 2. The van der Waals surface area contributed by atoms with Crippen LogP contribution in [0, 0.1) is 0 Å². The Morgan fingerprint density at radius 2 is 0.909 bits per heavy atom. The first kappa shape index (κ1) is 15.3. The number of piperazine rings is 1. The van der Waals surface area contributed by atoms with E-state index in [0.29, 0.717) is 0 Å². The second kappa shape index (κ2) is 8.11. The van der Waals surface area contributed by atoms with Crippen LogP contribution in [0.4, 0.5) is 0 Å². The average molecular weight is 294 g/mol. The maximum Gasteiger partial charge on any atom is 0.0110 e. The van der Waals surface area contributed by atoms with Crippen LogP contribution in [0.25, 0.3) is 0 Å². The van der Waals surface area contributed by atoms with E-state index in [4.69, 9.17) is 0 Å². The highest BCUT2D eigenvalue weighted by Crippen LogP contribution is 2.07. The molecule has 1 saturated heterocycles. The zero-order valence-corrected chi connectivity index (χ0v) is 13.3. The molecule has 1 aliphatic rings. The van der Waals surface area contributed by atoms with E-state index in [0.717, 1.165) is 0 Å². The van der Waals surface area contributed by atoms with Crippen molar-refractivity contribution in [2.75, 3.05) is 39.3 Å². The molecule has 0 saturated carbocycles. The first-order chi connectivity index (χ1) is 10.9. The van der Waals surface area contributed by atoms with Crippen molar-refractivity contribution >= 4 is 0 Å². The summed E-state index contributed by atoms with van der Waals surface area (Å²) in [5.41, 5.74) is 2.91. The normalized spacial score (nSPS) is 16.7. The van der Waals surface area contributed by atoms with Crippen LogP contribution in [0.2, 0.25) is 0 Å². The fourth-order valence-electron chi connectivity index (χ4n) is 3.10. The molecule has 2 heteroatoms. The number of hydrogen-bond donors (Lipinski definition) is 0. The van der Waals surface area contributed by atoms with Crippen molar-refractivity contribution in [3.05, 3.63) is 71.8 Å². The highest BCUT2D eigenvalue weighted by Gasteiger charge is 2.16. The average Bonchev–Trinajstić information content (AvgIpc) is 2.61. The number of rotatable bonds is 6. The van der Waals surface area contributed by atoms with Crippen LogP contribution in [-0.2, 0) is 12.8 Å². The third-order valence-corrected chi connectivity index (χ3v) is 4.58. The van der Waals surface area contributed by atoms with Crippen molar-refractivity contribution in [2.45, 2.75) is 12.8 Å². The maximum absolute atomic E-state index is 2.60. The molecule has 0 amide bonds. The molecule has 0 N–H and O–H groups in total. The van der Waals surface area contributed by atoms with Gasteiger partial charge >= 0.3 is 0 Å². The van der Waals surface area contributed by atoms with Crippen LogP contribution in [0.15, 0.2) is 60.7 Å². The summed E-state index contributed by atoms with van der Waals surface area (Å²) in [5, 5.41) is 0. The first-order valence-corrected chi connectivity index (χ1v) is 8.43. The SMILES string of the molecule is c1ccc(CCN2CCN(CCc3ccccc3)CC2)cc1. The summed E-state index contributed by atoms with van der Waals surface area (Å²) in [6, 6.07) is 21.7. The molecule has 1 heterocycles. The van der Waals surface area contributed by atoms with Gasteiger partial charge in [0.25, 0.3) is 0 Å². The minimum Gasteiger partial charge on any atom is -0.300 e. The molecule has 2 aromatic carbocycles. The molecule has 1 fully saturated rings. The highest BCUT2D eigenvalue weighted by atomic mass is 15.3. The smallest absolute Gasteiger partial charge is 0.0110 e. The van der Waals surface area contributed by atoms with Crippen molar-refractivity contribution in [3.63, 3.8) is 0 Å². The molecule has 22 heavy (non-hydrogen) atoms. The van der Waals surface area contributed by atoms with Crippen LogP contribution >= 0.6 is 0 Å². The second-order valence-electron chi connectivity index (χ2n) is 6.15. The Labute approximate surface area is 134 Å². The van der Waals surface area contributed by atoms with Crippen LogP contribution in [-0.4, -0.2) is 49.1 Å². The lowest BCUT2D eigenvalue weighted by Gasteiger charge is -2.34. The minimum atomic E-state index is 1.17. The molecule has 0 aromatic heterocycles. The molecular formula is C20H26N2. The lowest BCUT2D eigenvalue weighted by atomic mass is 10.1. The van der Waals surface area contributed by atoms with E-state index in [9.17, 15) is 0 Å². The van der Waals surface area contributed by atoms with Gasteiger partial charge in [-0.3, -0.25) is 0 Å². The van der Waals surface area contributed by atoms with Crippen molar-refractivity contribution in [1.82, 2.24) is 9.80 Å². The Morgan fingerprint density at radius 3 is 1.27 bits per heavy atom. The van der Waals surface area contributed by atoms with Crippen LogP contribution in [0.3, 0.4) is 0 Å². The summed E-state index contributed by atoms with van der Waals surface area (Å²) in [4.78, 5) is 5.21. The first-order valence-electron chi connectivity index (χ1n) is 8.43. The van der Waals surface area contributed by atoms with Crippen molar-refractivity contribution in [1.29, 1.82) is 0 Å². The standard InChI is InChI=1S/C20H26N2/c1-3-7-19(8-4-1)11-13-21-15-17-22(18-16-21)14-12-20-9-5-2-6-10-20/h1-10H,11-18H2. The fraction of sp³-hybridized carbons (Fsp3) is 0.400. The summed E-state index contributed by atoms with van der Waals surface area (Å²) >= 11 is 0. The molecule has 0 spiro atoms. The second-order valence-corrected chi connectivity index (χ2v) is 6.15. The predicted molar refractivity (Wildman–Crippen MR) is 93.2 cm³/mol. The summed E-state index contributed by atoms with van der Waals surface area (Å²) in [6.07, 6.45) is 2.34. The molecule has 0 atom stereocenters. The van der Waals surface area contributed by atoms with Gasteiger partial charge in [0.05, 0.1) is 0 Å². The van der Waals surface area contributed by atoms with Gasteiger partial charge in [-0.15, -0.1) is 0 Å². The van der Waals surface area contributed by atoms with E-state index in [1.807, 2.05) is 0 Å². The van der Waals surface area contributed by atoms with Gasteiger partial charge in [0.15, 0.2) is 0 Å². The Hall–Kier alpha value is -1.64. The lowest BCUT2D eigenvalue weighted by Crippen LogP contribution is -2.47. The zero-order valence-electron chi connectivity index (χ0n) is 13.3. The van der Waals surface area contributed by atoms with E-state index < -0.39 is 0 Å². The summed E-state index contributed by atoms with van der Waals surface area (Å²) in [5.74, 6) is 0. The Morgan fingerprint density at radius 1 is 0.545 bits per heavy atom. The van der Waals surface area contributed by atoms with E-state index in [1.165, 1.54) is 63.2 Å². The van der Waals surface area contributed by atoms with Gasteiger partial charge in [0, 0.05) is 39.3 Å². The van der Waals surface area contributed by atoms with E-state index in [-0.39, 0.29) is 0 Å². The van der Waals surface area contributed by atoms with Gasteiger partial charge < -0.3 is 9.80 Å². The summed E-state index contributed by atoms with van der Waals surface area (Å²) in [6.45, 7) is 7.22. The molecule has 3 rings (SSSR count). The number of hydrogen-bond acceptors (Lipinski definition) is 2. The van der Waals surface area contributed by atoms with Gasteiger partial charge in [0.1, 0.15) is 0 Å². The van der Waals surface area contributed by atoms with Gasteiger partial charge in [-0.05, 0) is 24.0 Å². The van der Waals surface area contributed by atoms with E-state index >= 15 is 0 Å². The van der Waals surface area contributed by atoms with Gasteiger partial charge in [-0.2, -0.15) is 0 Å². The molecule has 2 aromatic rings. The zero-order chi connectivity index (χ0) is 15.0. The predicted octanol–water partition coefficient (Wildman–Crippen LogP) is 3.09. The Kier molecular flexibility index (Phi) is 5.63. The summed E-state index contributed by atoms with van der Waals surface area (Å²) in [7, 11) is 0. The minimum absolute atomic E-state index is 1.17. The van der Waals surface area contributed by atoms with Crippen molar-refractivity contribution < 1.29 is 0 Å². The van der Waals surface area contributed by atoms with Crippen LogP contribution in [0.5, 0.6) is 0 Å². The van der Waals surface area contributed by atoms with Gasteiger partial charge in [-0.25, -0.2) is 0 Å². The largest absolute Gasteiger partial charge is 0.300 e. The Bertz CT molecular complexity index is 479. The molecule has 116 valence electrons. The summed E-state index contributed by atoms with van der Waals surface area (Å²) < 4.78 is 0. The third kappa shape index (κ3) is 4.69. The molecule has 0 unspecified atom stereocenters. The molecule has 0 aliphatic carbocycles. The van der Waals surface area contributed by atoms with Gasteiger partial charge in [0.2, 0.25) is 0 Å². The van der Waals surface area contributed by atoms with E-state index in [2.05, 4.69) is 70.5 Å². The lowest BCUT2D eigenvalue weighted by molar-refractivity contribution is 0.134. The van der Waals surface area contributed by atoms with Crippen molar-refractivity contribution in [2.24, 2.45) is 0 Å². The maximum atomic E-state index is 2.60. The Balaban J connectivity index is 1.35. The molecule has 1 aliphatic heterocycles.